The van der Waals surface area contributed by atoms with E-state index in [2.05, 4.69) is 139 Å². The van der Waals surface area contributed by atoms with Crippen LogP contribution in [0.2, 0.25) is 0 Å². The largest absolute Gasteiger partial charge is 0.454 e. The topological polar surface area (TPSA) is 23.0 Å². The van der Waals surface area contributed by atoms with Crippen molar-refractivity contribution in [2.45, 2.75) is 26.2 Å². The average molecular weight is 562 g/mol. The van der Waals surface area contributed by atoms with Crippen LogP contribution in [0.3, 0.4) is 0 Å². The Morgan fingerprint density at radius 1 is 0.591 bits per heavy atom. The lowest BCUT2D eigenvalue weighted by atomic mass is 9.45. The third kappa shape index (κ3) is 2.55. The van der Waals surface area contributed by atoms with Gasteiger partial charge in [-0.05, 0) is 57.8 Å². The minimum absolute atomic E-state index is 0.000339. The third-order valence-electron chi connectivity index (χ3n) is 10.4. The Kier molecular flexibility index (Phi) is 3.94. The van der Waals surface area contributed by atoms with Crippen LogP contribution in [0.4, 0.5) is 0 Å². The zero-order valence-electron chi connectivity index (χ0n) is 24.8. The summed E-state index contributed by atoms with van der Waals surface area (Å²) >= 11 is 0. The molecule has 0 bridgehead atoms. The zero-order chi connectivity index (χ0) is 29.1. The van der Waals surface area contributed by atoms with Gasteiger partial charge in [-0.15, -0.1) is 0 Å². The molecule has 9 aromatic rings. The molecule has 3 aromatic heterocycles. The number of hydrogen-bond acceptors (Lipinski definition) is 1. The molecule has 0 saturated carbocycles. The normalized spacial score (nSPS) is 13.8. The maximum absolute atomic E-state index is 6.87. The molecule has 0 radical (unpaired) electrons. The van der Waals surface area contributed by atoms with Crippen molar-refractivity contribution >= 4 is 83.3 Å². The summed E-state index contributed by atoms with van der Waals surface area (Å²) in [6.07, 6.45) is 0. The fourth-order valence-electron chi connectivity index (χ4n) is 8.54. The minimum atomic E-state index is 0.000339. The van der Waals surface area contributed by atoms with Crippen LogP contribution >= 0.6 is 0 Å². The van der Waals surface area contributed by atoms with Crippen LogP contribution in [-0.4, -0.2) is 15.9 Å². The van der Waals surface area contributed by atoms with E-state index in [1.54, 1.807) is 0 Å². The first-order valence-corrected chi connectivity index (χ1v) is 15.6. The number of aromatic nitrogens is 2. The summed E-state index contributed by atoms with van der Waals surface area (Å²) in [5.41, 5.74) is 14.9. The molecule has 2 aliphatic heterocycles. The third-order valence-corrected chi connectivity index (χ3v) is 10.4. The maximum Gasteiger partial charge on any atom is 0.333 e. The molecule has 0 aliphatic carbocycles. The Bertz CT molecular complexity index is 2770. The van der Waals surface area contributed by atoms with E-state index in [9.17, 15) is 0 Å². The van der Waals surface area contributed by atoms with E-state index >= 15 is 0 Å². The molecule has 3 nitrogen and oxygen atoms in total. The van der Waals surface area contributed by atoms with Crippen LogP contribution in [0.1, 0.15) is 26.3 Å². The Balaban J connectivity index is 1.48. The van der Waals surface area contributed by atoms with E-state index in [1.165, 1.54) is 82.3 Å². The van der Waals surface area contributed by atoms with Crippen molar-refractivity contribution in [2.24, 2.45) is 0 Å². The van der Waals surface area contributed by atoms with Crippen molar-refractivity contribution in [1.29, 1.82) is 0 Å². The van der Waals surface area contributed by atoms with Crippen molar-refractivity contribution in [3.05, 3.63) is 115 Å². The molecule has 6 aromatic carbocycles. The molecule has 0 amide bonds. The van der Waals surface area contributed by atoms with Gasteiger partial charge in [0.15, 0.2) is 5.58 Å². The molecule has 206 valence electrons. The van der Waals surface area contributed by atoms with Crippen LogP contribution in [0.5, 0.6) is 0 Å². The summed E-state index contributed by atoms with van der Waals surface area (Å²) < 4.78 is 12.0. The van der Waals surface area contributed by atoms with E-state index in [4.69, 9.17) is 4.42 Å². The van der Waals surface area contributed by atoms with Crippen LogP contribution < -0.4 is 10.9 Å². The molecule has 5 heterocycles. The minimum Gasteiger partial charge on any atom is -0.454 e. The molecule has 11 rings (SSSR count). The predicted molar refractivity (Wildman–Crippen MR) is 186 cm³/mol. The smallest absolute Gasteiger partial charge is 0.333 e. The molecule has 0 unspecified atom stereocenters. The SMILES string of the molecule is CC(C)(C)c1cc2c3c(c1)c1ccccc1n3-c1c3c(cc4c1oc1ccccc14)-c1cccc4c5ccccc5n(c14)B32. The Morgan fingerprint density at radius 3 is 2.11 bits per heavy atom. The van der Waals surface area contributed by atoms with E-state index in [1.807, 2.05) is 0 Å². The number of hydrogen-bond donors (Lipinski definition) is 0. The summed E-state index contributed by atoms with van der Waals surface area (Å²) in [7, 11) is 0. The maximum atomic E-state index is 6.87. The van der Waals surface area contributed by atoms with Crippen molar-refractivity contribution < 1.29 is 4.42 Å². The summed E-state index contributed by atoms with van der Waals surface area (Å²) in [5.74, 6) is 0. The quantitative estimate of drug-likeness (QED) is 0.169. The van der Waals surface area contributed by atoms with E-state index in [0.717, 1.165) is 16.6 Å². The first-order chi connectivity index (χ1) is 21.5. The van der Waals surface area contributed by atoms with Crippen molar-refractivity contribution in [1.82, 2.24) is 9.05 Å². The summed E-state index contributed by atoms with van der Waals surface area (Å²) in [4.78, 5) is 0. The second-order valence-corrected chi connectivity index (χ2v) is 13.7. The predicted octanol–water partition coefficient (Wildman–Crippen LogP) is 9.04. The Morgan fingerprint density at radius 2 is 1.30 bits per heavy atom. The molecule has 44 heavy (non-hydrogen) atoms. The highest BCUT2D eigenvalue weighted by atomic mass is 16.3. The number of benzene rings is 6. The van der Waals surface area contributed by atoms with Gasteiger partial charge in [0.2, 0.25) is 0 Å². The molecule has 4 heteroatoms. The van der Waals surface area contributed by atoms with Crippen LogP contribution in [0.15, 0.2) is 114 Å². The fourth-order valence-corrected chi connectivity index (χ4v) is 8.54. The number of fused-ring (bicyclic) bond motifs is 14. The van der Waals surface area contributed by atoms with Crippen LogP contribution in [0, 0.1) is 0 Å². The summed E-state index contributed by atoms with van der Waals surface area (Å²) in [6.45, 7) is 7.01. The van der Waals surface area contributed by atoms with Gasteiger partial charge >= 0.3 is 6.85 Å². The van der Waals surface area contributed by atoms with Gasteiger partial charge in [0, 0.05) is 48.9 Å². The van der Waals surface area contributed by atoms with Crippen LogP contribution in [0.25, 0.3) is 82.4 Å². The second kappa shape index (κ2) is 7.46. The first-order valence-electron chi connectivity index (χ1n) is 15.6. The standard InChI is InChI=1S/C40H27BN2O/c1-40(2,3)22-19-29-24-12-4-7-16-32(24)42-37(29)31(20-22)41-35-28(21-30-25-13-6-9-18-34(25)44-39(30)38(35)42)27-15-10-14-26-23-11-5-8-17-33(23)43(41)36(26)27/h4-21H,1-3H3. The highest BCUT2D eigenvalue weighted by molar-refractivity contribution is 6.90. The van der Waals surface area contributed by atoms with Gasteiger partial charge in [0.25, 0.3) is 0 Å². The molecular weight excluding hydrogens is 535 g/mol. The molecule has 0 spiro atoms. The van der Waals surface area contributed by atoms with Crippen molar-refractivity contribution in [3.8, 4) is 16.8 Å². The van der Waals surface area contributed by atoms with Gasteiger partial charge in [0.05, 0.1) is 16.7 Å². The Labute approximate surface area is 254 Å². The number of rotatable bonds is 0. The van der Waals surface area contributed by atoms with E-state index < -0.39 is 0 Å². The summed E-state index contributed by atoms with van der Waals surface area (Å²) in [5, 5.41) is 7.57. The molecule has 0 saturated heterocycles. The van der Waals surface area contributed by atoms with Gasteiger partial charge in [-0.1, -0.05) is 99.6 Å². The highest BCUT2D eigenvalue weighted by Crippen LogP contribution is 2.46. The van der Waals surface area contributed by atoms with Gasteiger partial charge in [0.1, 0.15) is 5.58 Å². The highest BCUT2D eigenvalue weighted by Gasteiger charge is 2.43. The lowest BCUT2D eigenvalue weighted by Gasteiger charge is -2.34. The number of furan rings is 1. The number of para-hydroxylation sites is 4. The number of nitrogens with zero attached hydrogens (tertiary/aromatic N) is 2. The van der Waals surface area contributed by atoms with E-state index in [-0.39, 0.29) is 12.3 Å². The lowest BCUT2D eigenvalue weighted by molar-refractivity contribution is 0.591. The molecule has 0 N–H and O–H groups in total. The van der Waals surface area contributed by atoms with E-state index in [0.29, 0.717) is 0 Å². The average Bonchev–Trinajstić information content (AvgIpc) is 3.69. The molecule has 0 fully saturated rings. The lowest BCUT2D eigenvalue weighted by Crippen LogP contribution is -2.55. The van der Waals surface area contributed by atoms with Gasteiger partial charge in [-0.2, -0.15) is 0 Å². The Hall–Kier alpha value is -5.22. The van der Waals surface area contributed by atoms with Crippen LogP contribution in [-0.2, 0) is 5.41 Å². The van der Waals surface area contributed by atoms with Crippen molar-refractivity contribution in [2.75, 3.05) is 0 Å². The summed E-state index contributed by atoms with van der Waals surface area (Å²) in [6, 6.07) is 40.6. The molecule has 2 aliphatic rings. The molecular formula is C40H27BN2O. The second-order valence-electron chi connectivity index (χ2n) is 13.7. The monoisotopic (exact) mass is 562 g/mol. The zero-order valence-corrected chi connectivity index (χ0v) is 24.8. The van der Waals surface area contributed by atoms with Gasteiger partial charge in [-0.25, -0.2) is 0 Å². The fraction of sp³-hybridized carbons (Fsp3) is 0.100. The van der Waals surface area contributed by atoms with Gasteiger partial charge in [-0.3, -0.25) is 0 Å². The first kappa shape index (κ1) is 23.3. The van der Waals surface area contributed by atoms with Gasteiger partial charge < -0.3 is 13.5 Å². The molecule has 0 atom stereocenters. The van der Waals surface area contributed by atoms with Crippen molar-refractivity contribution in [3.63, 3.8) is 0 Å².